The van der Waals surface area contributed by atoms with Crippen LogP contribution in [-0.4, -0.2) is 136 Å². The predicted octanol–water partition coefficient (Wildman–Crippen LogP) is 28.9. The maximum absolute atomic E-state index is 7.61. The second-order valence-electron chi connectivity index (χ2n) is 57.3. The van der Waals surface area contributed by atoms with Crippen LogP contribution in [0.3, 0.4) is 0 Å². The van der Waals surface area contributed by atoms with E-state index in [1.807, 2.05) is 0 Å². The zero-order chi connectivity index (χ0) is 103. The third-order valence-electron chi connectivity index (χ3n) is 19.2. The van der Waals surface area contributed by atoms with Crippen molar-refractivity contribution in [2.45, 2.75) is 332 Å². The van der Waals surface area contributed by atoms with Crippen LogP contribution in [0, 0.1) is 86.6 Å². The zero-order valence-corrected chi connectivity index (χ0v) is 97.1. The first-order chi connectivity index (χ1) is 61.4. The third kappa shape index (κ3) is 32.9. The summed E-state index contributed by atoms with van der Waals surface area (Å²) in [4.78, 5) is 47.9. The second kappa shape index (κ2) is 40.9. The van der Waals surface area contributed by atoms with Crippen molar-refractivity contribution in [3.05, 3.63) is 0 Å². The molecule has 0 fully saturated rings. The molecule has 5 heterocycles. The number of rotatable bonds is 32. The van der Waals surface area contributed by atoms with E-state index in [2.05, 4.69) is 332 Å². The molecule has 0 unspecified atom stereocenters. The summed E-state index contributed by atoms with van der Waals surface area (Å²) in [6, 6.07) is 0. The average molecular weight is 1960 g/mol. The van der Waals surface area contributed by atoms with Gasteiger partial charge in [-0.2, -0.15) is 0 Å². The maximum Gasteiger partial charge on any atom is 2.00 e. The van der Waals surface area contributed by atoms with Gasteiger partial charge in [0.2, 0.25) is 46.0 Å². The summed E-state index contributed by atoms with van der Waals surface area (Å²) in [7, 11) is 0. The van der Waals surface area contributed by atoms with Gasteiger partial charge in [-0.3, -0.25) is 0 Å². The number of nitrogens with zero attached hydrogens (tertiary/aromatic N) is 8. The van der Waals surface area contributed by atoms with Crippen LogP contribution in [0.15, 0.2) is 0 Å². The van der Waals surface area contributed by atoms with Gasteiger partial charge in [0.15, 0.2) is 46.0 Å². The molecule has 0 N–H and O–H groups in total. The van der Waals surface area contributed by atoms with Crippen molar-refractivity contribution in [2.75, 3.05) is 106 Å². The van der Waals surface area contributed by atoms with Crippen molar-refractivity contribution in [3.63, 3.8) is 0 Å². The molecule has 2 aliphatic heterocycles. The maximum atomic E-state index is 7.61. The molecule has 0 saturated heterocycles. The third-order valence-corrected chi connectivity index (χ3v) is 19.2. The summed E-state index contributed by atoms with van der Waals surface area (Å²) < 4.78 is 121. The summed E-state index contributed by atoms with van der Waals surface area (Å²) >= 11 is 0. The minimum Gasteiger partial charge on any atom is -0.488 e. The van der Waals surface area contributed by atoms with E-state index in [1.165, 1.54) is 0 Å². The molecule has 762 valence electrons. The van der Waals surface area contributed by atoms with Crippen molar-refractivity contribution < 1.29 is 95.3 Å². The summed E-state index contributed by atoms with van der Waals surface area (Å²) in [5.74, 6) is 4.39. The minimum atomic E-state index is -0.482. The Bertz CT molecular complexity index is 4900. The standard InChI is InChI=1S/C112H176N8O16.Zn/c1-97(2,3)49-121-73-65-66(74(122-50-98(4,5)6)82(130-58-106(28,29)30)81(73)129-57-105(25,26)27)90-113-89(65)117-91-67-68(76(124-52-100(10,11)12)84(132-60-108(34,35)36)83(131-59-107(31,32)33)75(67)123-51-99(7,8)9)93(114-91)119-95-71-72(80(128-56-104(22,23)24)88(136-64-112(46,47)48)87(135-63-111(43,44)45)79(71)127-55-103(19,20)21)96(116-95)120-94-70-69(92(115-94)118-90)77(125-53-101(13,14)15)85(133-61-109(37,38)39)86(134-62-110(40,41)42)78(70)126-54-102(16,17)18;/h49-64H2,1-48H3;/q-2;+2. The SMILES string of the molecule is CC(C)(C)COc1c(OCC(C)(C)C)c(OCC(C)(C)C)c2c(c1OCC(C)(C)C)-c1nc-2nc2[n-]c(nc3nc(nc4[n-]c(n1)c1c(OCC(C)(C)C)c(OCC(C)(C)C)c(OCC(C)(C)C)c(OCC(C)(C)C)c41)-c1c(OCC(C)(C)C)c(OCC(C)(C)C)c(OCC(C)(C)C)c(OCC(C)(C)C)c1-3)c1c(OCC(C)(C)C)c(OCC(C)(C)C)c(OCC(C)(C)C)c(OCC(C)(C)C)c21.[Zn+2]. The van der Waals surface area contributed by atoms with Crippen LogP contribution >= 0.6 is 0 Å². The molecule has 0 aliphatic carbocycles. The molecule has 24 nitrogen and oxygen atoms in total. The Morgan fingerprint density at radius 3 is 0.343 bits per heavy atom. The Balaban J connectivity index is 0.0000230. The fourth-order valence-electron chi connectivity index (χ4n) is 13.0. The van der Waals surface area contributed by atoms with Gasteiger partial charge in [-0.25, -0.2) is 9.97 Å². The Hall–Kier alpha value is -8.34. The number of ether oxygens (including phenoxy) is 16. The van der Waals surface area contributed by atoms with Crippen LogP contribution < -0.4 is 85.8 Å². The first-order valence-electron chi connectivity index (χ1n) is 49.1. The normalized spacial score (nSPS) is 13.7. The first kappa shape index (κ1) is 114. The molecule has 0 radical (unpaired) electrons. The van der Waals surface area contributed by atoms with Crippen molar-refractivity contribution in [2.24, 2.45) is 86.6 Å². The fourth-order valence-corrected chi connectivity index (χ4v) is 13.0. The van der Waals surface area contributed by atoms with E-state index in [0.717, 1.165) is 0 Å². The number of aromatic nitrogens is 8. The first-order valence-corrected chi connectivity index (χ1v) is 49.1. The fraction of sp³-hybridized carbons (Fsp3) is 0.714. The molecule has 8 bridgehead atoms. The van der Waals surface area contributed by atoms with Gasteiger partial charge < -0.3 is 106 Å². The van der Waals surface area contributed by atoms with E-state index in [4.69, 9.17) is 116 Å². The van der Waals surface area contributed by atoms with Crippen LogP contribution in [0.5, 0.6) is 92.0 Å². The summed E-state index contributed by atoms with van der Waals surface area (Å²) in [5, 5.41) is 1.35. The second-order valence-corrected chi connectivity index (χ2v) is 57.3. The van der Waals surface area contributed by atoms with Crippen molar-refractivity contribution in [1.29, 1.82) is 0 Å². The van der Waals surface area contributed by atoms with Crippen LogP contribution in [0.2, 0.25) is 0 Å². The molecule has 2 aliphatic rings. The monoisotopic (exact) mass is 1950 g/mol. The molecular weight excluding hydrogens is 1780 g/mol. The topological polar surface area (TPSA) is 253 Å². The van der Waals surface area contributed by atoms with Gasteiger partial charge in [0.05, 0.1) is 151 Å². The molecule has 0 amide bonds. The molecule has 137 heavy (non-hydrogen) atoms. The molecule has 0 saturated carbocycles. The van der Waals surface area contributed by atoms with Gasteiger partial charge in [0.25, 0.3) is 0 Å². The number of hydrogen-bond acceptors (Lipinski definition) is 22. The quantitative estimate of drug-likeness (QED) is 0.0355. The van der Waals surface area contributed by atoms with Crippen molar-refractivity contribution in [1.82, 2.24) is 39.9 Å². The minimum absolute atomic E-state index is 0. The van der Waals surface area contributed by atoms with Crippen LogP contribution in [-0.2, 0) is 19.5 Å². The number of benzene rings is 4. The van der Waals surface area contributed by atoms with Gasteiger partial charge in [0.1, 0.15) is 0 Å². The van der Waals surface area contributed by atoms with Gasteiger partial charge >= 0.3 is 19.5 Å². The van der Waals surface area contributed by atoms with Gasteiger partial charge in [-0.05, 0) is 86.6 Å². The van der Waals surface area contributed by atoms with Crippen LogP contribution in [0.1, 0.15) is 332 Å². The molecule has 25 heteroatoms. The molecule has 9 rings (SSSR count). The Labute approximate surface area is 836 Å². The summed E-state index contributed by atoms with van der Waals surface area (Å²) in [6.45, 7) is 105. The molecule has 0 atom stereocenters. The smallest absolute Gasteiger partial charge is 0.488 e. The van der Waals surface area contributed by atoms with Crippen LogP contribution in [0.25, 0.3) is 89.7 Å². The molecule has 7 aromatic rings. The number of hydrogen-bond donors (Lipinski definition) is 0. The summed E-state index contributed by atoms with van der Waals surface area (Å²) in [6.07, 6.45) is 0. The number of fused-ring (bicyclic) bond motifs is 20. The van der Waals surface area contributed by atoms with E-state index in [9.17, 15) is 0 Å². The average Bonchev–Trinajstić information content (AvgIpc) is 1.59. The predicted molar refractivity (Wildman–Crippen MR) is 553 cm³/mol. The Kier molecular flexibility index (Phi) is 34.1. The van der Waals surface area contributed by atoms with Crippen LogP contribution in [0.4, 0.5) is 0 Å². The van der Waals surface area contributed by atoms with E-state index < -0.39 is 86.6 Å². The Morgan fingerprint density at radius 1 is 0.139 bits per heavy atom. The Morgan fingerprint density at radius 2 is 0.234 bits per heavy atom. The van der Waals surface area contributed by atoms with Gasteiger partial charge in [0, 0.05) is 44.1 Å². The molecule has 0 spiro atoms. The summed E-state index contributed by atoms with van der Waals surface area (Å²) in [5.41, 5.74) is -5.72. The van der Waals surface area contributed by atoms with Gasteiger partial charge in [-0.15, -0.1) is 0 Å². The van der Waals surface area contributed by atoms with Crippen molar-refractivity contribution in [3.8, 4) is 138 Å². The molecule has 4 aromatic carbocycles. The van der Waals surface area contributed by atoms with E-state index in [-0.39, 0.29) is 263 Å². The van der Waals surface area contributed by atoms with E-state index >= 15 is 0 Å². The van der Waals surface area contributed by atoms with Gasteiger partial charge in [-0.1, -0.05) is 332 Å². The van der Waals surface area contributed by atoms with E-state index in [1.54, 1.807) is 0 Å². The molecule has 3 aromatic heterocycles. The van der Waals surface area contributed by atoms with E-state index in [0.29, 0.717) is 43.8 Å². The largest absolute Gasteiger partial charge is 2.00 e. The molecular formula is C112H176N8O16Zn. The van der Waals surface area contributed by atoms with Crippen molar-refractivity contribution >= 4 is 44.1 Å². The zero-order valence-electron chi connectivity index (χ0n) is 94.1.